The first-order valence-electron chi connectivity index (χ1n) is 7.28. The van der Waals surface area contributed by atoms with E-state index >= 15 is 0 Å². The Kier molecular flexibility index (Phi) is 6.24. The standard InChI is InChI=1S/C17H20N4.2ClH/c1-17(2)8-13(19)10-21(11-17)15-6-5-12(9-18)16-14(15)4-3-7-20-16;;/h3-7,13H,8,10-11,19H2,1-2H3;2*1H/t13-;;/m1../s1. The van der Waals surface area contributed by atoms with Gasteiger partial charge in [-0.15, -0.1) is 24.8 Å². The highest BCUT2D eigenvalue weighted by atomic mass is 35.5. The number of halogens is 2. The maximum atomic E-state index is 9.24. The first kappa shape index (κ1) is 19.5. The SMILES string of the molecule is CC1(C)C[C@@H](N)CN(c2ccc(C#N)c3ncccc23)C1.Cl.Cl. The molecule has 23 heavy (non-hydrogen) atoms. The van der Waals surface area contributed by atoms with Crippen molar-refractivity contribution in [2.75, 3.05) is 18.0 Å². The van der Waals surface area contributed by atoms with Crippen molar-refractivity contribution in [1.29, 1.82) is 5.26 Å². The molecule has 1 aliphatic rings. The maximum Gasteiger partial charge on any atom is 0.101 e. The Morgan fingerprint density at radius 1 is 1.30 bits per heavy atom. The second kappa shape index (κ2) is 7.35. The molecule has 1 aromatic carbocycles. The first-order chi connectivity index (χ1) is 10.00. The fourth-order valence-corrected chi connectivity index (χ4v) is 3.41. The molecule has 2 heterocycles. The molecule has 4 nitrogen and oxygen atoms in total. The Bertz CT molecular complexity index is 724. The minimum absolute atomic E-state index is 0. The molecule has 0 amide bonds. The molecule has 0 radical (unpaired) electrons. The van der Waals surface area contributed by atoms with E-state index in [1.165, 1.54) is 0 Å². The smallest absolute Gasteiger partial charge is 0.101 e. The normalized spacial score (nSPS) is 19.4. The Morgan fingerprint density at radius 2 is 2.04 bits per heavy atom. The van der Waals surface area contributed by atoms with Crippen LogP contribution in [0.5, 0.6) is 0 Å². The second-order valence-corrected chi connectivity index (χ2v) is 6.65. The first-order valence-corrected chi connectivity index (χ1v) is 7.28. The van der Waals surface area contributed by atoms with Crippen LogP contribution < -0.4 is 10.6 Å². The van der Waals surface area contributed by atoms with Crippen LogP contribution in [0, 0.1) is 16.7 Å². The van der Waals surface area contributed by atoms with Gasteiger partial charge in [0.25, 0.3) is 0 Å². The second-order valence-electron chi connectivity index (χ2n) is 6.65. The zero-order chi connectivity index (χ0) is 15.0. The lowest BCUT2D eigenvalue weighted by atomic mass is 9.81. The van der Waals surface area contributed by atoms with E-state index in [4.69, 9.17) is 5.73 Å². The molecule has 2 aromatic rings. The number of fused-ring (bicyclic) bond motifs is 1. The quantitative estimate of drug-likeness (QED) is 0.852. The van der Waals surface area contributed by atoms with Crippen molar-refractivity contribution < 1.29 is 0 Å². The number of anilines is 1. The summed E-state index contributed by atoms with van der Waals surface area (Å²) in [5.41, 5.74) is 8.94. The molecule has 0 spiro atoms. The van der Waals surface area contributed by atoms with Crippen LogP contribution in [0.4, 0.5) is 5.69 Å². The third-order valence-corrected chi connectivity index (χ3v) is 4.10. The maximum absolute atomic E-state index is 9.24. The van der Waals surface area contributed by atoms with E-state index in [0.717, 1.165) is 36.1 Å². The Balaban J connectivity index is 0.00000132. The summed E-state index contributed by atoms with van der Waals surface area (Å²) < 4.78 is 0. The van der Waals surface area contributed by atoms with Crippen molar-refractivity contribution in [1.82, 2.24) is 4.98 Å². The van der Waals surface area contributed by atoms with Crippen molar-refractivity contribution in [3.63, 3.8) is 0 Å². The van der Waals surface area contributed by atoms with Crippen LogP contribution in [0.1, 0.15) is 25.8 Å². The van der Waals surface area contributed by atoms with Gasteiger partial charge in [0.1, 0.15) is 6.07 Å². The number of nitrogens with zero attached hydrogens (tertiary/aromatic N) is 3. The fraction of sp³-hybridized carbons (Fsp3) is 0.412. The van der Waals surface area contributed by atoms with Crippen molar-refractivity contribution in [2.45, 2.75) is 26.3 Å². The van der Waals surface area contributed by atoms with Gasteiger partial charge in [-0.2, -0.15) is 5.26 Å². The van der Waals surface area contributed by atoms with Crippen LogP contribution >= 0.6 is 24.8 Å². The number of piperidine rings is 1. The van der Waals surface area contributed by atoms with E-state index in [-0.39, 0.29) is 36.3 Å². The van der Waals surface area contributed by atoms with E-state index < -0.39 is 0 Å². The summed E-state index contributed by atoms with van der Waals surface area (Å²) in [6.07, 6.45) is 2.77. The third kappa shape index (κ3) is 3.87. The number of hydrogen-bond donors (Lipinski definition) is 1. The number of nitriles is 1. The lowest BCUT2D eigenvalue weighted by Crippen LogP contribution is -2.50. The minimum Gasteiger partial charge on any atom is -0.369 e. The number of rotatable bonds is 1. The summed E-state index contributed by atoms with van der Waals surface area (Å²) in [6.45, 7) is 6.32. The highest BCUT2D eigenvalue weighted by molar-refractivity contribution is 5.95. The van der Waals surface area contributed by atoms with Crippen LogP contribution in [-0.4, -0.2) is 24.1 Å². The van der Waals surface area contributed by atoms with E-state index in [0.29, 0.717) is 5.56 Å². The Labute approximate surface area is 149 Å². The molecule has 1 aromatic heterocycles. The molecular weight excluding hydrogens is 331 g/mol. The van der Waals surface area contributed by atoms with E-state index in [2.05, 4.69) is 29.8 Å². The average Bonchev–Trinajstić information content (AvgIpc) is 2.44. The molecule has 0 saturated carbocycles. The fourth-order valence-electron chi connectivity index (χ4n) is 3.41. The molecule has 1 saturated heterocycles. The molecule has 6 heteroatoms. The van der Waals surface area contributed by atoms with Gasteiger partial charge in [-0.25, -0.2) is 0 Å². The van der Waals surface area contributed by atoms with Crippen LogP contribution in [-0.2, 0) is 0 Å². The third-order valence-electron chi connectivity index (χ3n) is 4.10. The summed E-state index contributed by atoms with van der Waals surface area (Å²) in [5.74, 6) is 0. The zero-order valence-electron chi connectivity index (χ0n) is 13.3. The van der Waals surface area contributed by atoms with Gasteiger partial charge >= 0.3 is 0 Å². The van der Waals surface area contributed by atoms with Gasteiger partial charge in [0, 0.05) is 36.4 Å². The van der Waals surface area contributed by atoms with E-state index in [9.17, 15) is 5.26 Å². The van der Waals surface area contributed by atoms with Crippen molar-refractivity contribution in [3.8, 4) is 6.07 Å². The van der Waals surface area contributed by atoms with Crippen LogP contribution in [0.3, 0.4) is 0 Å². The van der Waals surface area contributed by atoms with E-state index in [1.807, 2.05) is 24.3 Å². The predicted molar refractivity (Wildman–Crippen MR) is 99.5 cm³/mol. The Hall–Kier alpha value is -1.54. The Morgan fingerprint density at radius 3 is 2.70 bits per heavy atom. The summed E-state index contributed by atoms with van der Waals surface area (Å²) >= 11 is 0. The van der Waals surface area contributed by atoms with Crippen LogP contribution in [0.25, 0.3) is 10.9 Å². The molecule has 0 bridgehead atoms. The summed E-state index contributed by atoms with van der Waals surface area (Å²) in [5, 5.41) is 10.3. The largest absolute Gasteiger partial charge is 0.369 e. The van der Waals surface area contributed by atoms with Gasteiger partial charge < -0.3 is 10.6 Å². The molecule has 2 N–H and O–H groups in total. The molecule has 0 unspecified atom stereocenters. The highest BCUT2D eigenvalue weighted by Crippen LogP contribution is 2.35. The predicted octanol–water partition coefficient (Wildman–Crippen LogP) is 3.51. The number of nitrogens with two attached hydrogens (primary N) is 1. The van der Waals surface area contributed by atoms with Crippen molar-refractivity contribution >= 4 is 41.4 Å². The average molecular weight is 353 g/mol. The lowest BCUT2D eigenvalue weighted by Gasteiger charge is -2.42. The van der Waals surface area contributed by atoms with Crippen LogP contribution in [0.15, 0.2) is 30.5 Å². The van der Waals surface area contributed by atoms with Crippen LogP contribution in [0.2, 0.25) is 0 Å². The number of pyridine rings is 1. The number of aromatic nitrogens is 1. The monoisotopic (exact) mass is 352 g/mol. The highest BCUT2D eigenvalue weighted by Gasteiger charge is 2.31. The molecule has 1 fully saturated rings. The molecular formula is C17H22Cl2N4. The van der Waals surface area contributed by atoms with Gasteiger partial charge in [-0.05, 0) is 36.1 Å². The van der Waals surface area contributed by atoms with Gasteiger partial charge in [-0.1, -0.05) is 13.8 Å². The summed E-state index contributed by atoms with van der Waals surface area (Å²) in [6, 6.07) is 10.2. The molecule has 0 aliphatic carbocycles. The van der Waals surface area contributed by atoms with Gasteiger partial charge in [-0.3, -0.25) is 4.98 Å². The number of benzene rings is 1. The lowest BCUT2D eigenvalue weighted by molar-refractivity contribution is 0.268. The van der Waals surface area contributed by atoms with Crippen molar-refractivity contribution in [3.05, 3.63) is 36.0 Å². The topological polar surface area (TPSA) is 65.9 Å². The minimum atomic E-state index is 0. The molecule has 1 aliphatic heterocycles. The van der Waals surface area contributed by atoms with Gasteiger partial charge in [0.05, 0.1) is 11.1 Å². The van der Waals surface area contributed by atoms with Gasteiger partial charge in [0.15, 0.2) is 0 Å². The van der Waals surface area contributed by atoms with Gasteiger partial charge in [0.2, 0.25) is 0 Å². The molecule has 124 valence electrons. The molecule has 3 rings (SSSR count). The van der Waals surface area contributed by atoms with E-state index in [1.54, 1.807) is 6.20 Å². The zero-order valence-corrected chi connectivity index (χ0v) is 15.0. The van der Waals surface area contributed by atoms with Crippen molar-refractivity contribution in [2.24, 2.45) is 11.1 Å². The molecule has 1 atom stereocenters. The number of hydrogen-bond acceptors (Lipinski definition) is 4. The summed E-state index contributed by atoms with van der Waals surface area (Å²) in [7, 11) is 0. The summed E-state index contributed by atoms with van der Waals surface area (Å²) in [4.78, 5) is 6.72.